The van der Waals surface area contributed by atoms with Gasteiger partial charge in [-0.15, -0.1) is 0 Å². The first kappa shape index (κ1) is 22.3. The molecule has 0 aromatic carbocycles. The zero-order valence-corrected chi connectivity index (χ0v) is 11.3. The van der Waals surface area contributed by atoms with Crippen molar-refractivity contribution in [2.24, 2.45) is 0 Å². The highest BCUT2D eigenvalue weighted by Crippen LogP contribution is 2.81. The molecular weight excluding hydrogens is 432 g/mol. The van der Waals surface area contributed by atoms with Gasteiger partial charge in [-0.25, -0.2) is 8.78 Å². The molecule has 0 bridgehead atoms. The predicted octanol–water partition coefficient (Wildman–Crippen LogP) is 5.73. The van der Waals surface area contributed by atoms with Crippen molar-refractivity contribution in [3.63, 3.8) is 0 Å². The topological polar surface area (TPSA) is 0 Å². The van der Waals surface area contributed by atoms with Crippen LogP contribution in [0.3, 0.4) is 0 Å². The highest BCUT2D eigenvalue weighted by Gasteiger charge is 3.03. The van der Waals surface area contributed by atoms with E-state index in [1.807, 2.05) is 0 Å². The Kier molecular flexibility index (Phi) is 4.40. The number of hydrogen-bond donors (Lipinski definition) is 0. The molecule has 2 atom stereocenters. The Morgan fingerprint density at radius 1 is 0.440 bits per heavy atom. The lowest BCUT2D eigenvalue weighted by Crippen LogP contribution is -2.65. The third-order valence-electron chi connectivity index (χ3n) is 2.96. The number of halogens is 16. The standard InChI is InChI=1S/C8F16S/c9-1(10,3(13,14)7(19,20)21)5(17)6(18,25-5)2(11,12)4(15,16)8(22,23)24. The molecule has 17 heteroatoms. The van der Waals surface area contributed by atoms with Crippen molar-refractivity contribution in [1.29, 1.82) is 0 Å². The van der Waals surface area contributed by atoms with Gasteiger partial charge in [-0.2, -0.15) is 61.5 Å². The van der Waals surface area contributed by atoms with Crippen LogP contribution in [0, 0.1) is 0 Å². The van der Waals surface area contributed by atoms with Crippen LogP contribution in [-0.4, -0.2) is 46.0 Å². The van der Waals surface area contributed by atoms with Crippen LogP contribution in [0.1, 0.15) is 0 Å². The summed E-state index contributed by atoms with van der Waals surface area (Å²) in [6, 6.07) is 0. The Bertz CT molecular complexity index is 495. The molecule has 0 spiro atoms. The van der Waals surface area contributed by atoms with Gasteiger partial charge in [-0.1, -0.05) is 11.8 Å². The second kappa shape index (κ2) is 4.94. The lowest BCUT2D eigenvalue weighted by atomic mass is 9.95. The summed E-state index contributed by atoms with van der Waals surface area (Å²) in [6.45, 7) is 0. The molecule has 150 valence electrons. The molecule has 0 saturated carbocycles. The zero-order chi connectivity index (χ0) is 20.7. The molecule has 1 aliphatic heterocycles. The number of thioether (sulfide) groups is 1. The maximum atomic E-state index is 13.4. The molecule has 2 unspecified atom stereocenters. The van der Waals surface area contributed by atoms with Crippen molar-refractivity contribution in [2.75, 3.05) is 0 Å². The monoisotopic (exact) mass is 432 g/mol. The minimum Gasteiger partial charge on any atom is -0.220 e. The largest absolute Gasteiger partial charge is 0.460 e. The van der Waals surface area contributed by atoms with Crippen LogP contribution in [0.2, 0.25) is 0 Å². The molecule has 1 aliphatic rings. The number of alkyl halides is 16. The second-order valence-corrected chi connectivity index (χ2v) is 5.91. The number of hydrogen-bond acceptors (Lipinski definition) is 1. The second-order valence-electron chi connectivity index (χ2n) is 4.59. The van der Waals surface area contributed by atoms with Gasteiger partial charge in [-0.05, 0) is 0 Å². The summed E-state index contributed by atoms with van der Waals surface area (Å²) >= 11 is -2.55. The van der Waals surface area contributed by atoms with Gasteiger partial charge in [0.2, 0.25) is 0 Å². The van der Waals surface area contributed by atoms with E-state index in [0.29, 0.717) is 0 Å². The van der Waals surface area contributed by atoms with Crippen LogP contribution in [0.5, 0.6) is 0 Å². The van der Waals surface area contributed by atoms with Crippen molar-refractivity contribution >= 4 is 11.8 Å². The van der Waals surface area contributed by atoms with Gasteiger partial charge < -0.3 is 0 Å². The predicted molar refractivity (Wildman–Crippen MR) is 47.2 cm³/mol. The molecule has 0 radical (unpaired) electrons. The first-order valence-electron chi connectivity index (χ1n) is 5.18. The summed E-state index contributed by atoms with van der Waals surface area (Å²) in [5, 5.41) is -12.9. The van der Waals surface area contributed by atoms with E-state index in [9.17, 15) is 70.2 Å². The van der Waals surface area contributed by atoms with E-state index >= 15 is 0 Å². The van der Waals surface area contributed by atoms with E-state index in [1.165, 1.54) is 0 Å². The van der Waals surface area contributed by atoms with Crippen LogP contribution in [-0.2, 0) is 0 Å². The highest BCUT2D eigenvalue weighted by molar-refractivity contribution is 8.09. The van der Waals surface area contributed by atoms with Gasteiger partial charge in [0.1, 0.15) is 0 Å². The molecule has 0 amide bonds. The third-order valence-corrected chi connectivity index (χ3v) is 4.40. The quantitative estimate of drug-likeness (QED) is 0.404. The summed E-state index contributed by atoms with van der Waals surface area (Å²) in [5.74, 6) is -30.1. The molecule has 0 nitrogen and oxygen atoms in total. The first-order valence-corrected chi connectivity index (χ1v) is 6.00. The maximum Gasteiger partial charge on any atom is 0.460 e. The molecule has 0 aliphatic carbocycles. The molecule has 0 N–H and O–H groups in total. The Hall–Kier alpha value is -0.770. The summed E-state index contributed by atoms with van der Waals surface area (Å²) in [7, 11) is 0. The molecule has 1 rings (SSSR count). The van der Waals surface area contributed by atoms with E-state index < -0.39 is 57.8 Å². The van der Waals surface area contributed by atoms with Crippen molar-refractivity contribution < 1.29 is 70.2 Å². The van der Waals surface area contributed by atoms with Crippen molar-refractivity contribution in [3.05, 3.63) is 0 Å². The molecule has 1 heterocycles. The average Bonchev–Trinajstić information content (AvgIpc) is 2.92. The summed E-state index contributed by atoms with van der Waals surface area (Å²) in [5.41, 5.74) is 0. The minimum atomic E-state index is -7.57. The molecule has 0 aromatic rings. The van der Waals surface area contributed by atoms with Gasteiger partial charge in [0.15, 0.2) is 0 Å². The Morgan fingerprint density at radius 2 is 0.640 bits per heavy atom. The Labute approximate surface area is 129 Å². The van der Waals surface area contributed by atoms with Crippen LogP contribution < -0.4 is 0 Å². The highest BCUT2D eigenvalue weighted by atomic mass is 32.2. The van der Waals surface area contributed by atoms with Crippen LogP contribution >= 0.6 is 11.8 Å². The van der Waals surface area contributed by atoms with E-state index in [4.69, 9.17) is 0 Å². The van der Waals surface area contributed by atoms with Gasteiger partial charge >= 0.3 is 36.0 Å². The van der Waals surface area contributed by atoms with Crippen molar-refractivity contribution in [2.45, 2.75) is 46.0 Å². The van der Waals surface area contributed by atoms with E-state index in [-0.39, 0.29) is 0 Å². The first-order chi connectivity index (χ1) is 10.5. The smallest absolute Gasteiger partial charge is 0.220 e. The summed E-state index contributed by atoms with van der Waals surface area (Å²) < 4.78 is 200. The van der Waals surface area contributed by atoms with Gasteiger partial charge in [0, 0.05) is 0 Å². The molecular formula is C8F16S. The maximum absolute atomic E-state index is 13.4. The lowest BCUT2D eigenvalue weighted by molar-refractivity contribution is -0.392. The SMILES string of the molecule is FC(F)(F)C(F)(F)C(F)(F)C1(F)SC1(F)C(F)(F)C(F)(F)C(F)(F)F. The van der Waals surface area contributed by atoms with Crippen molar-refractivity contribution in [3.8, 4) is 0 Å². The third kappa shape index (κ3) is 2.39. The van der Waals surface area contributed by atoms with E-state index in [0.717, 1.165) is 0 Å². The van der Waals surface area contributed by atoms with Crippen LogP contribution in [0.15, 0.2) is 0 Å². The van der Waals surface area contributed by atoms with Gasteiger partial charge in [-0.3, -0.25) is 0 Å². The van der Waals surface area contributed by atoms with Gasteiger partial charge in [0.25, 0.3) is 10.0 Å². The van der Waals surface area contributed by atoms with E-state index in [1.54, 1.807) is 0 Å². The molecule has 0 aromatic heterocycles. The fourth-order valence-electron chi connectivity index (χ4n) is 1.46. The zero-order valence-electron chi connectivity index (χ0n) is 10.5. The fourth-order valence-corrected chi connectivity index (χ4v) is 2.57. The summed E-state index contributed by atoms with van der Waals surface area (Å²) in [6.07, 6.45) is -14.7. The number of rotatable bonds is 4. The fraction of sp³-hybridized carbons (Fsp3) is 1.00. The normalized spacial score (nSPS) is 29.8. The molecule has 1 saturated heterocycles. The van der Waals surface area contributed by atoms with Crippen LogP contribution in [0.4, 0.5) is 70.2 Å². The lowest BCUT2D eigenvalue weighted by Gasteiger charge is -2.34. The molecule has 25 heavy (non-hydrogen) atoms. The minimum absolute atomic E-state index is 2.55. The van der Waals surface area contributed by atoms with Crippen LogP contribution in [0.25, 0.3) is 0 Å². The van der Waals surface area contributed by atoms with Crippen molar-refractivity contribution in [1.82, 2.24) is 0 Å². The Balaban J connectivity index is 3.46. The Morgan fingerprint density at radius 3 is 0.800 bits per heavy atom. The molecule has 1 fully saturated rings. The average molecular weight is 432 g/mol. The summed E-state index contributed by atoms with van der Waals surface area (Å²) in [4.78, 5) is 0. The van der Waals surface area contributed by atoms with Gasteiger partial charge in [0.05, 0.1) is 0 Å². The van der Waals surface area contributed by atoms with E-state index in [2.05, 4.69) is 0 Å².